The lowest BCUT2D eigenvalue weighted by Gasteiger charge is -2.08. The maximum absolute atomic E-state index is 9.09. The molecule has 0 spiro atoms. The van der Waals surface area contributed by atoms with Crippen LogP contribution in [-0.2, 0) is 12.8 Å². The number of nitriles is 1. The fraction of sp³-hybridized carbons (Fsp3) is 0.286. The molecule has 0 aliphatic heterocycles. The average molecular weight is 328 g/mol. The van der Waals surface area contributed by atoms with Gasteiger partial charge in [0.25, 0.3) is 0 Å². The van der Waals surface area contributed by atoms with Crippen LogP contribution in [0.3, 0.4) is 0 Å². The first-order chi connectivity index (χ1) is 10.7. The van der Waals surface area contributed by atoms with Gasteiger partial charge >= 0.3 is 0 Å². The molecule has 0 bridgehead atoms. The van der Waals surface area contributed by atoms with Gasteiger partial charge in [-0.2, -0.15) is 15.0 Å². The summed E-state index contributed by atoms with van der Waals surface area (Å²) < 4.78 is 1.56. The molecule has 110 valence electrons. The van der Waals surface area contributed by atoms with E-state index in [-0.39, 0.29) is 0 Å². The number of nitrogen functional groups attached to an aromatic ring is 1. The lowest BCUT2D eigenvalue weighted by Crippen LogP contribution is -2.07. The van der Waals surface area contributed by atoms with E-state index in [2.05, 4.69) is 21.1 Å². The van der Waals surface area contributed by atoms with E-state index >= 15 is 0 Å². The van der Waals surface area contributed by atoms with Gasteiger partial charge in [-0.25, -0.2) is 9.97 Å². The van der Waals surface area contributed by atoms with E-state index in [1.54, 1.807) is 16.0 Å². The lowest BCUT2D eigenvalue weighted by molar-refractivity contribution is 0.831. The summed E-state index contributed by atoms with van der Waals surface area (Å²) >= 11 is 3.22. The van der Waals surface area contributed by atoms with Crippen LogP contribution in [0.1, 0.15) is 22.4 Å². The number of rotatable bonds is 2. The third-order valence-corrected chi connectivity index (χ3v) is 5.57. The molecule has 3 aromatic heterocycles. The van der Waals surface area contributed by atoms with Gasteiger partial charge in [-0.3, -0.25) is 0 Å². The molecule has 0 radical (unpaired) electrons. The summed E-state index contributed by atoms with van der Waals surface area (Å²) in [5, 5.41) is 15.1. The van der Waals surface area contributed by atoms with Crippen LogP contribution in [0.5, 0.6) is 0 Å². The van der Waals surface area contributed by atoms with Crippen LogP contribution in [0.15, 0.2) is 11.4 Å². The number of hydrogen-bond acceptors (Lipinski definition) is 7. The van der Waals surface area contributed by atoms with Crippen molar-refractivity contribution < 1.29 is 0 Å². The number of nitrogens with two attached hydrogens (primary N) is 1. The molecule has 3 heterocycles. The summed E-state index contributed by atoms with van der Waals surface area (Å²) in [5.41, 5.74) is 7.74. The first kappa shape index (κ1) is 13.5. The summed E-state index contributed by atoms with van der Waals surface area (Å²) in [4.78, 5) is 11.6. The Kier molecular flexibility index (Phi) is 3.06. The summed E-state index contributed by atoms with van der Waals surface area (Å²) in [6, 6.07) is 2.05. The zero-order chi connectivity index (χ0) is 15.3. The summed E-state index contributed by atoms with van der Waals surface area (Å²) in [7, 11) is 0. The van der Waals surface area contributed by atoms with E-state index in [0.29, 0.717) is 22.4 Å². The SMILES string of the molecule is CSc1nc(-n2ncc(C#N)c2N)c2c3c(sc2n1)CCC3. The predicted molar refractivity (Wildman–Crippen MR) is 87.5 cm³/mol. The van der Waals surface area contributed by atoms with Crippen molar-refractivity contribution in [2.24, 2.45) is 0 Å². The molecule has 0 amide bonds. The van der Waals surface area contributed by atoms with Crippen LogP contribution in [0.2, 0.25) is 0 Å². The van der Waals surface area contributed by atoms with Crippen LogP contribution in [0.4, 0.5) is 5.82 Å². The minimum absolute atomic E-state index is 0.326. The number of aryl methyl sites for hydroxylation is 2. The Bertz CT molecular complexity index is 933. The van der Waals surface area contributed by atoms with Gasteiger partial charge in [-0.15, -0.1) is 11.3 Å². The molecule has 0 saturated carbocycles. The van der Waals surface area contributed by atoms with Gasteiger partial charge in [0.2, 0.25) is 0 Å². The van der Waals surface area contributed by atoms with Gasteiger partial charge < -0.3 is 5.73 Å². The second-order valence-corrected chi connectivity index (χ2v) is 6.90. The molecule has 0 saturated heterocycles. The predicted octanol–water partition coefficient (Wildman–Crippen LogP) is 2.54. The van der Waals surface area contributed by atoms with E-state index in [0.717, 1.165) is 23.1 Å². The maximum Gasteiger partial charge on any atom is 0.190 e. The normalized spacial score (nSPS) is 13.5. The van der Waals surface area contributed by atoms with Gasteiger partial charge in [0, 0.05) is 4.88 Å². The van der Waals surface area contributed by atoms with Gasteiger partial charge in [0.15, 0.2) is 11.0 Å². The number of thiophene rings is 1. The van der Waals surface area contributed by atoms with E-state index in [1.165, 1.54) is 34.8 Å². The molecule has 0 unspecified atom stereocenters. The van der Waals surface area contributed by atoms with Crippen LogP contribution >= 0.6 is 23.1 Å². The van der Waals surface area contributed by atoms with E-state index in [1.807, 2.05) is 6.26 Å². The minimum Gasteiger partial charge on any atom is -0.382 e. The molecule has 1 aliphatic rings. The van der Waals surface area contributed by atoms with Gasteiger partial charge in [0.1, 0.15) is 22.3 Å². The average Bonchev–Trinajstić information content (AvgIpc) is 3.19. The Balaban J connectivity index is 2.07. The largest absolute Gasteiger partial charge is 0.382 e. The number of hydrogen-bond donors (Lipinski definition) is 1. The number of nitrogens with zero attached hydrogens (tertiary/aromatic N) is 5. The van der Waals surface area contributed by atoms with Crippen molar-refractivity contribution in [1.82, 2.24) is 19.7 Å². The Morgan fingerprint density at radius 3 is 3.00 bits per heavy atom. The highest BCUT2D eigenvalue weighted by Gasteiger charge is 2.24. The van der Waals surface area contributed by atoms with Gasteiger partial charge in [-0.1, -0.05) is 11.8 Å². The van der Waals surface area contributed by atoms with Gasteiger partial charge in [-0.05, 0) is 31.1 Å². The Morgan fingerprint density at radius 2 is 2.27 bits per heavy atom. The Morgan fingerprint density at radius 1 is 1.41 bits per heavy atom. The van der Waals surface area contributed by atoms with Crippen LogP contribution in [0.25, 0.3) is 16.0 Å². The van der Waals surface area contributed by atoms with Crippen molar-refractivity contribution in [1.29, 1.82) is 5.26 Å². The van der Waals surface area contributed by atoms with Crippen molar-refractivity contribution in [3.8, 4) is 11.9 Å². The smallest absolute Gasteiger partial charge is 0.190 e. The topological polar surface area (TPSA) is 93.4 Å². The number of anilines is 1. The summed E-state index contributed by atoms with van der Waals surface area (Å²) in [6.07, 6.45) is 6.73. The highest BCUT2D eigenvalue weighted by molar-refractivity contribution is 7.98. The number of thioether (sulfide) groups is 1. The molecule has 4 rings (SSSR count). The van der Waals surface area contributed by atoms with E-state index in [9.17, 15) is 0 Å². The first-order valence-electron chi connectivity index (χ1n) is 6.83. The second-order valence-electron chi connectivity index (χ2n) is 5.04. The van der Waals surface area contributed by atoms with E-state index in [4.69, 9.17) is 11.0 Å². The molecule has 0 aromatic carbocycles. The summed E-state index contributed by atoms with van der Waals surface area (Å²) in [5.74, 6) is 1.01. The molecule has 22 heavy (non-hydrogen) atoms. The first-order valence-corrected chi connectivity index (χ1v) is 8.87. The zero-order valence-corrected chi connectivity index (χ0v) is 13.5. The fourth-order valence-corrected chi connectivity index (χ4v) is 4.49. The Hall–Kier alpha value is -2.11. The van der Waals surface area contributed by atoms with E-state index < -0.39 is 0 Å². The highest BCUT2D eigenvalue weighted by Crippen LogP contribution is 2.39. The standard InChI is InChI=1S/C14H12N6S2/c1-21-14-18-12(20-11(16)7(5-15)6-17-20)10-8-3-2-4-9(8)22-13(10)19-14/h6H,2-4,16H2,1H3. The van der Waals surface area contributed by atoms with Crippen molar-refractivity contribution >= 4 is 39.1 Å². The zero-order valence-electron chi connectivity index (χ0n) is 11.8. The van der Waals surface area contributed by atoms with Crippen LogP contribution in [0, 0.1) is 11.3 Å². The number of fused-ring (bicyclic) bond motifs is 3. The van der Waals surface area contributed by atoms with Crippen LogP contribution in [-0.4, -0.2) is 26.0 Å². The third-order valence-electron chi connectivity index (χ3n) is 3.84. The fourth-order valence-electron chi connectivity index (χ4n) is 2.81. The van der Waals surface area contributed by atoms with Gasteiger partial charge in [0.05, 0.1) is 11.6 Å². The molecular formula is C14H12N6S2. The molecule has 8 heteroatoms. The molecular weight excluding hydrogens is 316 g/mol. The molecule has 1 aliphatic carbocycles. The Labute approximate surface area is 135 Å². The van der Waals surface area contributed by atoms with Crippen molar-refractivity contribution in [3.63, 3.8) is 0 Å². The van der Waals surface area contributed by atoms with Crippen molar-refractivity contribution in [2.75, 3.05) is 12.0 Å². The van der Waals surface area contributed by atoms with Crippen molar-refractivity contribution in [3.05, 3.63) is 22.2 Å². The van der Waals surface area contributed by atoms with Crippen molar-refractivity contribution in [2.45, 2.75) is 24.4 Å². The third kappa shape index (κ3) is 1.82. The summed E-state index contributed by atoms with van der Waals surface area (Å²) in [6.45, 7) is 0. The molecule has 2 N–H and O–H groups in total. The molecule has 0 fully saturated rings. The molecule has 6 nitrogen and oxygen atoms in total. The lowest BCUT2D eigenvalue weighted by atomic mass is 10.2. The minimum atomic E-state index is 0.326. The molecule has 3 aromatic rings. The number of aromatic nitrogens is 4. The highest BCUT2D eigenvalue weighted by atomic mass is 32.2. The monoisotopic (exact) mass is 328 g/mol. The second kappa shape index (κ2) is 4.97. The van der Waals surface area contributed by atoms with Crippen LogP contribution < -0.4 is 5.73 Å². The molecule has 0 atom stereocenters. The maximum atomic E-state index is 9.09. The quantitative estimate of drug-likeness (QED) is 0.574.